The highest BCUT2D eigenvalue weighted by Gasteiger charge is 2.28. The summed E-state index contributed by atoms with van der Waals surface area (Å²) in [7, 11) is 0. The van der Waals surface area contributed by atoms with Gasteiger partial charge in [-0.3, -0.25) is 18.7 Å². The zero-order chi connectivity index (χ0) is 34.7. The van der Waals surface area contributed by atoms with E-state index in [1.54, 1.807) is 49.0 Å². The molecule has 1 N–H and O–H groups in total. The Hall–Kier alpha value is -4.88. The molecule has 0 aliphatic carbocycles. The first-order chi connectivity index (χ1) is 23.7. The number of alkyl halides is 1. The summed E-state index contributed by atoms with van der Waals surface area (Å²) < 4.78 is 14.9. The molecule has 1 aromatic carbocycles. The number of piperidine rings is 1. The summed E-state index contributed by atoms with van der Waals surface area (Å²) in [6.45, 7) is 6.43. The van der Waals surface area contributed by atoms with E-state index in [1.165, 1.54) is 15.9 Å². The van der Waals surface area contributed by atoms with Crippen LogP contribution in [0.5, 0.6) is 0 Å². The van der Waals surface area contributed by atoms with Gasteiger partial charge in [-0.05, 0) is 57.4 Å². The fraction of sp³-hybridized carbons (Fsp3) is 0.333. The van der Waals surface area contributed by atoms with E-state index in [9.17, 15) is 24.3 Å². The molecule has 5 aromatic rings. The molecular formula is C36H33ClFN7O3S. The Bertz CT molecular complexity index is 2230. The molecule has 0 radical (unpaired) electrons. The maximum Gasteiger partial charge on any atom is 0.338 e. The lowest BCUT2D eigenvalue weighted by Gasteiger charge is -2.39. The van der Waals surface area contributed by atoms with Crippen LogP contribution in [-0.4, -0.2) is 74.4 Å². The quantitative estimate of drug-likeness (QED) is 0.177. The van der Waals surface area contributed by atoms with Crippen LogP contribution >= 0.6 is 22.9 Å². The number of carbonyl (C=O) groups is 1. The van der Waals surface area contributed by atoms with Gasteiger partial charge in [0.2, 0.25) is 0 Å². The molecule has 10 nitrogen and oxygen atoms in total. The van der Waals surface area contributed by atoms with Crippen molar-refractivity contribution in [2.24, 2.45) is 0 Å². The van der Waals surface area contributed by atoms with Gasteiger partial charge in [-0.1, -0.05) is 23.4 Å². The van der Waals surface area contributed by atoms with Crippen LogP contribution in [-0.2, 0) is 6.54 Å². The molecule has 4 aromatic heterocycles. The number of hydrogen-bond donors (Lipinski definition) is 1. The van der Waals surface area contributed by atoms with E-state index in [0.717, 1.165) is 38.0 Å². The van der Waals surface area contributed by atoms with Gasteiger partial charge in [0.25, 0.3) is 5.56 Å². The number of benzene rings is 1. The van der Waals surface area contributed by atoms with Gasteiger partial charge >= 0.3 is 5.97 Å². The van der Waals surface area contributed by atoms with Crippen LogP contribution in [0.1, 0.15) is 53.5 Å². The number of carboxylic acids is 1. The number of anilines is 1. The number of likely N-dealkylation sites (tertiary alicyclic amines) is 1. The first-order valence-electron chi connectivity index (χ1n) is 16.0. The van der Waals surface area contributed by atoms with Crippen LogP contribution in [0.25, 0.3) is 32.2 Å². The molecular weight excluding hydrogens is 665 g/mol. The molecule has 0 bridgehead atoms. The minimum absolute atomic E-state index is 0.0148. The second-order valence-electron chi connectivity index (χ2n) is 11.8. The molecule has 1 aliphatic rings. The van der Waals surface area contributed by atoms with Gasteiger partial charge < -0.3 is 14.9 Å². The number of thiophene rings is 1. The number of aromatic nitrogens is 4. The summed E-state index contributed by atoms with van der Waals surface area (Å²) in [5.74, 6) is 6.13. The van der Waals surface area contributed by atoms with Crippen LogP contribution in [0.15, 0.2) is 46.8 Å². The number of halogens is 2. The van der Waals surface area contributed by atoms with E-state index in [-0.39, 0.29) is 41.3 Å². The summed E-state index contributed by atoms with van der Waals surface area (Å²) in [4.78, 5) is 43.7. The molecule has 5 heterocycles. The van der Waals surface area contributed by atoms with Crippen LogP contribution in [0.4, 0.5) is 10.2 Å². The molecule has 1 aliphatic heterocycles. The lowest BCUT2D eigenvalue weighted by atomic mass is 10.00. The number of fused-ring (bicyclic) bond motifs is 2. The van der Waals surface area contributed by atoms with Crippen molar-refractivity contribution in [3.05, 3.63) is 79.9 Å². The molecule has 6 rings (SSSR count). The third kappa shape index (κ3) is 6.73. The number of rotatable bonds is 9. The highest BCUT2D eigenvalue weighted by molar-refractivity contribution is 7.18. The fourth-order valence-electron chi connectivity index (χ4n) is 6.50. The fourth-order valence-corrected chi connectivity index (χ4v) is 7.70. The Balaban J connectivity index is 1.34. The monoisotopic (exact) mass is 697 g/mol. The summed E-state index contributed by atoms with van der Waals surface area (Å²) in [6.07, 6.45) is 5.34. The number of hydrogen-bond acceptors (Lipinski definition) is 9. The Morgan fingerprint density at radius 2 is 2.02 bits per heavy atom. The first kappa shape index (κ1) is 34.0. The summed E-state index contributed by atoms with van der Waals surface area (Å²) in [5, 5.41) is 22.2. The number of pyridine rings is 2. The minimum atomic E-state index is -1.05. The number of nitrogens with zero attached hydrogens (tertiary/aromatic N) is 7. The van der Waals surface area contributed by atoms with Gasteiger partial charge in [0.15, 0.2) is 0 Å². The standard InChI is InChI=1S/C36H33ClFN7O3S/c1-3-44(25-10-16-43(17-11-25)14-5-12-38)34-28(19-39)31-30(20-41-34)42-22(2)45(35(31)46)15-4-6-23-7-8-24(37)18-27(23)26-9-13-40-32-29(36(47)48)21-49-33(26)32/h7-9,13,18,20-21,25H,3,5,10-12,14-17H2,1-2H3,(H,47,48). The highest BCUT2D eigenvalue weighted by atomic mass is 35.5. The molecule has 0 atom stereocenters. The minimum Gasteiger partial charge on any atom is -0.478 e. The van der Waals surface area contributed by atoms with Crippen molar-refractivity contribution in [2.75, 3.05) is 37.8 Å². The van der Waals surface area contributed by atoms with E-state index in [2.05, 4.69) is 42.7 Å². The topological polar surface area (TPSA) is 128 Å². The molecule has 0 unspecified atom stereocenters. The molecule has 1 fully saturated rings. The molecule has 250 valence electrons. The summed E-state index contributed by atoms with van der Waals surface area (Å²) in [6, 6.07) is 9.47. The zero-order valence-electron chi connectivity index (χ0n) is 27.0. The molecule has 0 saturated carbocycles. The third-order valence-corrected chi connectivity index (χ3v) is 10.2. The van der Waals surface area contributed by atoms with E-state index >= 15 is 0 Å². The Labute approximate surface area is 291 Å². The van der Waals surface area contributed by atoms with Crippen LogP contribution < -0.4 is 10.5 Å². The van der Waals surface area contributed by atoms with E-state index in [0.29, 0.717) is 56.5 Å². The molecule has 49 heavy (non-hydrogen) atoms. The first-order valence-corrected chi connectivity index (χ1v) is 17.2. The van der Waals surface area contributed by atoms with Gasteiger partial charge in [-0.25, -0.2) is 14.8 Å². The third-order valence-electron chi connectivity index (χ3n) is 8.92. The molecule has 0 spiro atoms. The number of aryl methyl sites for hydroxylation is 1. The lowest BCUT2D eigenvalue weighted by molar-refractivity contribution is 0.0699. The predicted molar refractivity (Wildman–Crippen MR) is 190 cm³/mol. The average molecular weight is 698 g/mol. The molecule has 13 heteroatoms. The van der Waals surface area contributed by atoms with Gasteiger partial charge in [-0.15, -0.1) is 11.3 Å². The van der Waals surface area contributed by atoms with Gasteiger partial charge in [0.1, 0.15) is 23.3 Å². The molecule has 0 amide bonds. The van der Waals surface area contributed by atoms with Gasteiger partial charge in [0.05, 0.1) is 46.1 Å². The van der Waals surface area contributed by atoms with Crippen LogP contribution in [0.2, 0.25) is 5.02 Å². The van der Waals surface area contributed by atoms with Crippen molar-refractivity contribution in [3.63, 3.8) is 0 Å². The SMILES string of the molecule is CCN(c1ncc2nc(C)n(CC#Cc3ccc(Cl)cc3-c3ccnc4c(C(=O)O)csc34)c(=O)c2c1C#N)C1CCN(CCCF)CC1. The highest BCUT2D eigenvalue weighted by Crippen LogP contribution is 2.36. The maximum absolute atomic E-state index is 14.0. The zero-order valence-corrected chi connectivity index (χ0v) is 28.6. The van der Waals surface area contributed by atoms with Crippen LogP contribution in [0, 0.1) is 30.1 Å². The van der Waals surface area contributed by atoms with E-state index in [1.807, 2.05) is 6.92 Å². The van der Waals surface area contributed by atoms with Crippen molar-refractivity contribution in [2.45, 2.75) is 45.7 Å². The maximum atomic E-state index is 14.0. The van der Waals surface area contributed by atoms with Crippen molar-refractivity contribution in [1.29, 1.82) is 5.26 Å². The predicted octanol–water partition coefficient (Wildman–Crippen LogP) is 6.30. The van der Waals surface area contributed by atoms with E-state index in [4.69, 9.17) is 11.6 Å². The lowest BCUT2D eigenvalue weighted by Crippen LogP contribution is -2.46. The molecule has 1 saturated heterocycles. The van der Waals surface area contributed by atoms with Crippen molar-refractivity contribution >= 4 is 55.8 Å². The smallest absolute Gasteiger partial charge is 0.338 e. The second kappa shape index (κ2) is 14.7. The second-order valence-corrected chi connectivity index (χ2v) is 13.1. The largest absolute Gasteiger partial charge is 0.478 e. The summed E-state index contributed by atoms with van der Waals surface area (Å²) >= 11 is 7.68. The van der Waals surface area contributed by atoms with Gasteiger partial charge in [0, 0.05) is 65.5 Å². The summed E-state index contributed by atoms with van der Waals surface area (Å²) in [5.41, 5.74) is 2.78. The van der Waals surface area contributed by atoms with Gasteiger partial charge in [-0.2, -0.15) is 5.26 Å². The normalized spacial score (nSPS) is 13.7. The Morgan fingerprint density at radius 3 is 2.73 bits per heavy atom. The van der Waals surface area contributed by atoms with Crippen LogP contribution in [0.3, 0.4) is 0 Å². The van der Waals surface area contributed by atoms with Crippen molar-refractivity contribution < 1.29 is 14.3 Å². The van der Waals surface area contributed by atoms with E-state index < -0.39 is 5.97 Å². The number of carboxylic acid groups (broad SMARTS) is 1. The van der Waals surface area contributed by atoms with Crippen molar-refractivity contribution in [3.8, 4) is 29.0 Å². The average Bonchev–Trinajstić information content (AvgIpc) is 3.55. The number of aromatic carboxylic acids is 1. The Morgan fingerprint density at radius 1 is 1.22 bits per heavy atom. The van der Waals surface area contributed by atoms with Crippen molar-refractivity contribution in [1.82, 2.24) is 24.4 Å². The Kier molecular flexibility index (Phi) is 10.2. The number of nitriles is 1.